The summed E-state index contributed by atoms with van der Waals surface area (Å²) >= 11 is 7.77. The van der Waals surface area contributed by atoms with E-state index >= 15 is 0 Å². The highest BCUT2D eigenvalue weighted by Crippen LogP contribution is 2.33. The number of carbonyl (C=O) groups is 2. The maximum absolute atomic E-state index is 12.7. The van der Waals surface area contributed by atoms with Gasteiger partial charge >= 0.3 is 0 Å². The van der Waals surface area contributed by atoms with Crippen LogP contribution in [0.15, 0.2) is 72.4 Å². The monoisotopic (exact) mass is 454 g/mol. The molecule has 2 amide bonds. The van der Waals surface area contributed by atoms with Crippen LogP contribution in [-0.2, 0) is 4.79 Å². The van der Waals surface area contributed by atoms with Gasteiger partial charge in [0.2, 0.25) is 0 Å². The summed E-state index contributed by atoms with van der Waals surface area (Å²) < 4.78 is 0. The average Bonchev–Trinajstić information content (AvgIpc) is 3.25. The molecule has 0 spiro atoms. The summed E-state index contributed by atoms with van der Waals surface area (Å²) in [5.41, 5.74) is 1.53. The Morgan fingerprint density at radius 2 is 1.71 bits per heavy atom. The molecule has 0 atom stereocenters. The first-order valence-corrected chi connectivity index (χ1v) is 11.1. The molecule has 0 saturated carbocycles. The van der Waals surface area contributed by atoms with E-state index in [9.17, 15) is 9.59 Å². The highest BCUT2D eigenvalue weighted by Gasteiger charge is 2.15. The number of benzene rings is 2. The van der Waals surface area contributed by atoms with E-state index < -0.39 is 0 Å². The molecular weight excluding hydrogens is 432 g/mol. The van der Waals surface area contributed by atoms with Crippen LogP contribution < -0.4 is 10.6 Å². The quantitative estimate of drug-likeness (QED) is 0.323. The fraction of sp³-hybridized carbons (Fsp3) is 0.167. The number of aliphatic hydroxyl groups excluding tert-OH is 1. The first kappa shape index (κ1) is 22.7. The van der Waals surface area contributed by atoms with E-state index in [0.29, 0.717) is 30.0 Å². The number of nitrogens with one attached hydrogen (secondary N) is 2. The zero-order valence-corrected chi connectivity index (χ0v) is 18.4. The van der Waals surface area contributed by atoms with E-state index in [1.54, 1.807) is 30.3 Å². The molecule has 0 aliphatic carbocycles. The van der Waals surface area contributed by atoms with Gasteiger partial charge in [-0.1, -0.05) is 48.0 Å². The van der Waals surface area contributed by atoms with Crippen LogP contribution in [0.4, 0.5) is 0 Å². The van der Waals surface area contributed by atoms with Crippen molar-refractivity contribution in [2.24, 2.45) is 0 Å². The lowest BCUT2D eigenvalue weighted by Crippen LogP contribution is -2.35. The summed E-state index contributed by atoms with van der Waals surface area (Å²) in [6.45, 7) is 0.483. The summed E-state index contributed by atoms with van der Waals surface area (Å²) in [5, 5.41) is 15.1. The molecule has 1 heterocycles. The summed E-state index contributed by atoms with van der Waals surface area (Å²) in [7, 11) is 0. The molecular formula is C24H23ClN2O3S. The SMILES string of the molecule is O=C(NCCCCO)C(=Cc1ccc(-c2ccccc2Cl)s1)NC(=O)c1ccccc1. The van der Waals surface area contributed by atoms with Crippen LogP contribution in [0.2, 0.25) is 5.02 Å². The third kappa shape index (κ3) is 6.52. The normalized spacial score (nSPS) is 11.2. The predicted octanol–water partition coefficient (Wildman–Crippen LogP) is 4.73. The van der Waals surface area contributed by atoms with Gasteiger partial charge in [-0.15, -0.1) is 11.3 Å². The van der Waals surface area contributed by atoms with Crippen molar-refractivity contribution in [3.05, 3.63) is 87.9 Å². The van der Waals surface area contributed by atoms with E-state index in [4.69, 9.17) is 16.7 Å². The van der Waals surface area contributed by atoms with Gasteiger partial charge in [0.15, 0.2) is 0 Å². The molecule has 0 unspecified atom stereocenters. The Morgan fingerprint density at radius 3 is 2.45 bits per heavy atom. The minimum Gasteiger partial charge on any atom is -0.396 e. The third-order valence-electron chi connectivity index (χ3n) is 4.45. The second kappa shape index (κ2) is 11.5. The molecule has 3 rings (SSSR count). The number of hydrogen-bond acceptors (Lipinski definition) is 4. The molecule has 5 nitrogen and oxygen atoms in total. The minimum atomic E-state index is -0.380. The third-order valence-corrected chi connectivity index (χ3v) is 5.85. The summed E-state index contributed by atoms with van der Waals surface area (Å²) in [5.74, 6) is -0.741. The summed E-state index contributed by atoms with van der Waals surface area (Å²) in [6, 6.07) is 20.1. The largest absolute Gasteiger partial charge is 0.396 e. The smallest absolute Gasteiger partial charge is 0.267 e. The van der Waals surface area contributed by atoms with E-state index in [2.05, 4.69) is 10.6 Å². The van der Waals surface area contributed by atoms with Crippen molar-refractivity contribution in [3.8, 4) is 10.4 Å². The fourth-order valence-electron chi connectivity index (χ4n) is 2.85. The van der Waals surface area contributed by atoms with Crippen LogP contribution in [-0.4, -0.2) is 30.1 Å². The fourth-order valence-corrected chi connectivity index (χ4v) is 4.14. The number of carbonyl (C=O) groups excluding carboxylic acids is 2. The van der Waals surface area contributed by atoms with Gasteiger partial charge in [-0.3, -0.25) is 9.59 Å². The van der Waals surface area contributed by atoms with E-state index in [-0.39, 0.29) is 24.1 Å². The Bertz CT molecular complexity index is 1060. The van der Waals surface area contributed by atoms with Crippen molar-refractivity contribution in [2.45, 2.75) is 12.8 Å². The number of rotatable bonds is 9. The number of amides is 2. The van der Waals surface area contributed by atoms with Crippen LogP contribution in [0, 0.1) is 0 Å². The second-order valence-electron chi connectivity index (χ2n) is 6.75. The minimum absolute atomic E-state index is 0.0727. The van der Waals surface area contributed by atoms with Crippen molar-refractivity contribution < 1.29 is 14.7 Å². The first-order valence-electron chi connectivity index (χ1n) is 9.90. The highest BCUT2D eigenvalue weighted by atomic mass is 35.5. The van der Waals surface area contributed by atoms with Crippen LogP contribution in [0.1, 0.15) is 28.1 Å². The Morgan fingerprint density at radius 1 is 0.968 bits per heavy atom. The lowest BCUT2D eigenvalue weighted by molar-refractivity contribution is -0.117. The predicted molar refractivity (Wildman–Crippen MR) is 126 cm³/mol. The molecule has 31 heavy (non-hydrogen) atoms. The zero-order valence-electron chi connectivity index (χ0n) is 16.8. The van der Waals surface area contributed by atoms with Crippen molar-refractivity contribution in [1.82, 2.24) is 10.6 Å². The van der Waals surface area contributed by atoms with Crippen LogP contribution in [0.25, 0.3) is 16.5 Å². The Kier molecular flexibility index (Phi) is 8.41. The molecule has 0 aliphatic rings. The van der Waals surface area contributed by atoms with Gasteiger partial charge in [-0.25, -0.2) is 0 Å². The van der Waals surface area contributed by atoms with Gasteiger partial charge in [0.05, 0.1) is 0 Å². The molecule has 7 heteroatoms. The molecule has 2 aromatic carbocycles. The van der Waals surface area contributed by atoms with Gasteiger partial charge in [0, 0.05) is 39.1 Å². The van der Waals surface area contributed by atoms with Crippen molar-refractivity contribution >= 4 is 40.8 Å². The molecule has 0 aliphatic heterocycles. The molecule has 0 fully saturated rings. The molecule has 0 saturated heterocycles. The van der Waals surface area contributed by atoms with Crippen LogP contribution in [0.3, 0.4) is 0 Å². The Hall–Kier alpha value is -2.93. The van der Waals surface area contributed by atoms with Gasteiger partial charge in [-0.2, -0.15) is 0 Å². The van der Waals surface area contributed by atoms with Crippen molar-refractivity contribution in [2.75, 3.05) is 13.2 Å². The second-order valence-corrected chi connectivity index (χ2v) is 8.27. The van der Waals surface area contributed by atoms with E-state index in [1.165, 1.54) is 11.3 Å². The number of halogens is 1. The summed E-state index contributed by atoms with van der Waals surface area (Å²) in [6.07, 6.45) is 2.91. The molecule has 3 aromatic rings. The molecule has 0 radical (unpaired) electrons. The van der Waals surface area contributed by atoms with Crippen LogP contribution in [0.5, 0.6) is 0 Å². The van der Waals surface area contributed by atoms with E-state index in [0.717, 1.165) is 15.3 Å². The van der Waals surface area contributed by atoms with Gasteiger partial charge in [-0.05, 0) is 49.2 Å². The Labute approximate surface area is 190 Å². The van der Waals surface area contributed by atoms with Crippen molar-refractivity contribution in [3.63, 3.8) is 0 Å². The number of aliphatic hydroxyl groups is 1. The molecule has 1 aromatic heterocycles. The summed E-state index contributed by atoms with van der Waals surface area (Å²) in [4.78, 5) is 27.1. The van der Waals surface area contributed by atoms with Crippen molar-refractivity contribution in [1.29, 1.82) is 0 Å². The highest BCUT2D eigenvalue weighted by molar-refractivity contribution is 7.16. The van der Waals surface area contributed by atoms with Gasteiger partial charge in [0.25, 0.3) is 11.8 Å². The van der Waals surface area contributed by atoms with E-state index in [1.807, 2.05) is 42.5 Å². The number of thiophene rings is 1. The Balaban J connectivity index is 1.83. The lowest BCUT2D eigenvalue weighted by atomic mass is 10.2. The maximum atomic E-state index is 12.7. The number of hydrogen-bond donors (Lipinski definition) is 3. The first-order chi connectivity index (χ1) is 15.1. The molecule has 3 N–H and O–H groups in total. The average molecular weight is 455 g/mol. The van der Waals surface area contributed by atoms with Gasteiger partial charge in [0.1, 0.15) is 5.70 Å². The molecule has 160 valence electrons. The standard InChI is InChI=1S/C24H23ClN2O3S/c25-20-11-5-4-10-19(20)22-13-12-18(31-22)16-21(24(30)26-14-6-7-15-28)27-23(29)17-8-2-1-3-9-17/h1-5,8-13,16,28H,6-7,14-15H2,(H,26,30)(H,27,29). The lowest BCUT2D eigenvalue weighted by Gasteiger charge is -2.11. The molecule has 0 bridgehead atoms. The van der Waals surface area contributed by atoms with Gasteiger partial charge < -0.3 is 15.7 Å². The maximum Gasteiger partial charge on any atom is 0.267 e. The topological polar surface area (TPSA) is 78.4 Å². The zero-order chi connectivity index (χ0) is 22.1. The van der Waals surface area contributed by atoms with Crippen LogP contribution >= 0.6 is 22.9 Å². The number of unbranched alkanes of at least 4 members (excludes halogenated alkanes) is 1.